The summed E-state index contributed by atoms with van der Waals surface area (Å²) in [6.07, 6.45) is 0. The number of nitrogens with zero attached hydrogens (tertiary/aromatic N) is 2. The molecular weight excluding hydrogens is 369 g/mol. The first-order valence-corrected chi connectivity index (χ1v) is 7.65. The molecule has 0 unspecified atom stereocenters. The van der Waals surface area contributed by atoms with E-state index in [0.29, 0.717) is 5.56 Å². The van der Waals surface area contributed by atoms with Gasteiger partial charge in [-0.15, -0.1) is 0 Å². The summed E-state index contributed by atoms with van der Waals surface area (Å²) in [6, 6.07) is 7.34. The van der Waals surface area contributed by atoms with E-state index in [-0.39, 0.29) is 18.4 Å². The van der Waals surface area contributed by atoms with Crippen LogP contribution in [0.2, 0.25) is 0 Å². The number of nitrogens with one attached hydrogen (secondary N) is 1. The van der Waals surface area contributed by atoms with Crippen molar-refractivity contribution < 1.29 is 9.59 Å². The highest BCUT2D eigenvalue weighted by atomic mass is 127. The number of hydrogen-bond acceptors (Lipinski definition) is 3. The maximum absolute atomic E-state index is 12.0. The number of hydrogen-bond donors (Lipinski definition) is 1. The highest BCUT2D eigenvalue weighted by molar-refractivity contribution is 14.1. The van der Waals surface area contributed by atoms with E-state index in [9.17, 15) is 9.59 Å². The Kier molecular flexibility index (Phi) is 5.36. The third-order valence-corrected chi connectivity index (χ3v) is 4.32. The van der Waals surface area contributed by atoms with Gasteiger partial charge in [-0.05, 0) is 41.8 Å². The van der Waals surface area contributed by atoms with Crippen LogP contribution >= 0.6 is 22.6 Å². The monoisotopic (exact) mass is 387 g/mol. The van der Waals surface area contributed by atoms with Crippen molar-refractivity contribution in [1.29, 1.82) is 0 Å². The van der Waals surface area contributed by atoms with Crippen molar-refractivity contribution in [2.24, 2.45) is 0 Å². The van der Waals surface area contributed by atoms with Gasteiger partial charge < -0.3 is 15.1 Å². The summed E-state index contributed by atoms with van der Waals surface area (Å²) in [6.45, 7) is 3.29. The molecule has 1 heterocycles. The van der Waals surface area contributed by atoms with Gasteiger partial charge in [0.2, 0.25) is 5.91 Å². The zero-order valence-electron chi connectivity index (χ0n) is 11.4. The van der Waals surface area contributed by atoms with E-state index in [1.165, 1.54) is 0 Å². The Morgan fingerprint density at radius 1 is 1.20 bits per heavy atom. The predicted molar refractivity (Wildman–Crippen MR) is 85.6 cm³/mol. The Morgan fingerprint density at radius 2 is 1.85 bits per heavy atom. The van der Waals surface area contributed by atoms with Crippen LogP contribution in [0.5, 0.6) is 0 Å². The molecule has 108 valence electrons. The highest BCUT2D eigenvalue weighted by Crippen LogP contribution is 2.10. The number of piperazine rings is 1. The number of benzene rings is 1. The Hall–Kier alpha value is -1.15. The van der Waals surface area contributed by atoms with Gasteiger partial charge in [0, 0.05) is 29.7 Å². The van der Waals surface area contributed by atoms with Gasteiger partial charge in [-0.1, -0.05) is 12.1 Å². The average molecular weight is 387 g/mol. The molecule has 1 fully saturated rings. The summed E-state index contributed by atoms with van der Waals surface area (Å²) in [5.74, 6) is -0.213. The van der Waals surface area contributed by atoms with E-state index in [1.807, 2.05) is 25.2 Å². The topological polar surface area (TPSA) is 52.6 Å². The molecule has 0 radical (unpaired) electrons. The minimum atomic E-state index is -0.197. The molecule has 1 N–H and O–H groups in total. The fraction of sp³-hybridized carbons (Fsp3) is 0.429. The van der Waals surface area contributed by atoms with Crippen LogP contribution in [0.4, 0.5) is 0 Å². The van der Waals surface area contributed by atoms with Gasteiger partial charge in [0.15, 0.2) is 0 Å². The molecule has 6 heteroatoms. The second kappa shape index (κ2) is 7.03. The van der Waals surface area contributed by atoms with Gasteiger partial charge in [0.1, 0.15) is 0 Å². The quantitative estimate of drug-likeness (QED) is 0.781. The van der Waals surface area contributed by atoms with Crippen LogP contribution in [0.15, 0.2) is 24.3 Å². The van der Waals surface area contributed by atoms with Crippen LogP contribution < -0.4 is 5.32 Å². The van der Waals surface area contributed by atoms with Gasteiger partial charge in [0.05, 0.1) is 12.1 Å². The van der Waals surface area contributed by atoms with Crippen LogP contribution in [-0.4, -0.2) is 61.4 Å². The van der Waals surface area contributed by atoms with Crippen LogP contribution in [0.25, 0.3) is 0 Å². The van der Waals surface area contributed by atoms with E-state index in [4.69, 9.17) is 0 Å². The van der Waals surface area contributed by atoms with Crippen molar-refractivity contribution >= 4 is 34.4 Å². The van der Waals surface area contributed by atoms with Crippen LogP contribution in [0.1, 0.15) is 10.4 Å². The SMILES string of the molecule is CN1CCN(C(=O)CNC(=O)c2ccccc2I)CC1. The summed E-state index contributed by atoms with van der Waals surface area (Å²) in [5, 5.41) is 2.70. The molecule has 1 aliphatic heterocycles. The second-order valence-electron chi connectivity index (χ2n) is 4.85. The number of carbonyl (C=O) groups is 2. The molecule has 0 bridgehead atoms. The minimum absolute atomic E-state index is 0.0163. The molecule has 1 aromatic rings. The Bertz CT molecular complexity index is 499. The molecule has 5 nitrogen and oxygen atoms in total. The molecule has 1 aliphatic rings. The fourth-order valence-electron chi connectivity index (χ4n) is 2.06. The molecule has 1 saturated heterocycles. The largest absolute Gasteiger partial charge is 0.343 e. The first-order valence-electron chi connectivity index (χ1n) is 6.57. The molecule has 0 saturated carbocycles. The number of likely N-dealkylation sites (N-methyl/N-ethyl adjacent to an activating group) is 1. The van der Waals surface area contributed by atoms with Gasteiger partial charge >= 0.3 is 0 Å². The van der Waals surface area contributed by atoms with E-state index >= 15 is 0 Å². The lowest BCUT2D eigenvalue weighted by Gasteiger charge is -2.32. The van der Waals surface area contributed by atoms with E-state index in [1.54, 1.807) is 11.0 Å². The van der Waals surface area contributed by atoms with Crippen molar-refractivity contribution in [3.63, 3.8) is 0 Å². The van der Waals surface area contributed by atoms with E-state index in [0.717, 1.165) is 29.7 Å². The molecule has 0 aliphatic carbocycles. The third-order valence-electron chi connectivity index (χ3n) is 3.37. The number of halogens is 1. The van der Waals surface area contributed by atoms with Crippen molar-refractivity contribution in [1.82, 2.24) is 15.1 Å². The number of rotatable bonds is 3. The van der Waals surface area contributed by atoms with E-state index < -0.39 is 0 Å². The van der Waals surface area contributed by atoms with Gasteiger partial charge in [-0.2, -0.15) is 0 Å². The second-order valence-corrected chi connectivity index (χ2v) is 6.01. The Morgan fingerprint density at radius 3 is 2.50 bits per heavy atom. The van der Waals surface area contributed by atoms with Crippen molar-refractivity contribution in [2.75, 3.05) is 39.8 Å². The summed E-state index contributed by atoms with van der Waals surface area (Å²) >= 11 is 2.12. The molecule has 0 spiro atoms. The molecule has 2 rings (SSSR count). The minimum Gasteiger partial charge on any atom is -0.343 e. The molecular formula is C14H18IN3O2. The summed E-state index contributed by atoms with van der Waals surface area (Å²) in [7, 11) is 2.04. The lowest BCUT2D eigenvalue weighted by Crippen LogP contribution is -2.50. The Labute approximate surface area is 132 Å². The van der Waals surface area contributed by atoms with Crippen LogP contribution in [-0.2, 0) is 4.79 Å². The molecule has 1 aromatic carbocycles. The molecule has 20 heavy (non-hydrogen) atoms. The summed E-state index contributed by atoms with van der Waals surface area (Å²) in [5.41, 5.74) is 0.610. The maximum atomic E-state index is 12.0. The van der Waals surface area contributed by atoms with E-state index in [2.05, 4.69) is 32.8 Å². The zero-order chi connectivity index (χ0) is 14.5. The van der Waals surface area contributed by atoms with Crippen molar-refractivity contribution in [2.45, 2.75) is 0 Å². The third kappa shape index (κ3) is 3.92. The molecule has 0 atom stereocenters. The van der Waals surface area contributed by atoms with Crippen LogP contribution in [0.3, 0.4) is 0 Å². The normalized spacial score (nSPS) is 16.0. The smallest absolute Gasteiger partial charge is 0.252 e. The lowest BCUT2D eigenvalue weighted by molar-refractivity contribution is -0.131. The molecule has 0 aromatic heterocycles. The number of amides is 2. The van der Waals surface area contributed by atoms with Gasteiger partial charge in [0.25, 0.3) is 5.91 Å². The van der Waals surface area contributed by atoms with Crippen molar-refractivity contribution in [3.8, 4) is 0 Å². The summed E-state index contributed by atoms with van der Waals surface area (Å²) < 4.78 is 0.884. The lowest BCUT2D eigenvalue weighted by atomic mass is 10.2. The maximum Gasteiger partial charge on any atom is 0.252 e. The highest BCUT2D eigenvalue weighted by Gasteiger charge is 2.19. The molecule has 2 amide bonds. The zero-order valence-corrected chi connectivity index (χ0v) is 13.6. The van der Waals surface area contributed by atoms with Crippen LogP contribution in [0, 0.1) is 3.57 Å². The first kappa shape index (κ1) is 15.2. The number of carbonyl (C=O) groups excluding carboxylic acids is 2. The summed E-state index contributed by atoms with van der Waals surface area (Å²) in [4.78, 5) is 28.0. The van der Waals surface area contributed by atoms with Gasteiger partial charge in [-0.3, -0.25) is 9.59 Å². The Balaban J connectivity index is 1.84. The predicted octanol–water partition coefficient (Wildman–Crippen LogP) is 0.795. The standard InChI is InChI=1S/C14H18IN3O2/c1-17-6-8-18(9-7-17)13(19)10-16-14(20)11-4-2-3-5-12(11)15/h2-5H,6-10H2,1H3,(H,16,20). The van der Waals surface area contributed by atoms with Gasteiger partial charge in [-0.25, -0.2) is 0 Å². The fourth-order valence-corrected chi connectivity index (χ4v) is 2.70. The average Bonchev–Trinajstić information content (AvgIpc) is 2.45. The van der Waals surface area contributed by atoms with Crippen molar-refractivity contribution in [3.05, 3.63) is 33.4 Å². The first-order chi connectivity index (χ1) is 9.58.